The van der Waals surface area contributed by atoms with Crippen LogP contribution in [-0.4, -0.2) is 72.5 Å². The molecule has 0 bridgehead atoms. The molecule has 1 N–H and O–H groups in total. The van der Waals surface area contributed by atoms with Crippen molar-refractivity contribution in [3.05, 3.63) is 12.4 Å². The lowest BCUT2D eigenvalue weighted by atomic mass is 10.0. The van der Waals surface area contributed by atoms with Gasteiger partial charge < -0.3 is 19.9 Å². The molecule has 0 saturated carbocycles. The molecule has 1 aromatic rings. The van der Waals surface area contributed by atoms with Gasteiger partial charge in [0.2, 0.25) is 5.91 Å². The van der Waals surface area contributed by atoms with Gasteiger partial charge in [-0.25, -0.2) is 0 Å². The van der Waals surface area contributed by atoms with Crippen LogP contribution in [0.15, 0.2) is 17.4 Å². The van der Waals surface area contributed by atoms with E-state index in [1.54, 1.807) is 22.8 Å². The minimum atomic E-state index is 0.0570. The van der Waals surface area contributed by atoms with Crippen LogP contribution in [0.5, 0.6) is 0 Å². The second-order valence-electron chi connectivity index (χ2n) is 6.84. The number of aryl methyl sites for hydroxylation is 1. The van der Waals surface area contributed by atoms with E-state index in [1.807, 2.05) is 25.1 Å². The summed E-state index contributed by atoms with van der Waals surface area (Å²) in [5, 5.41) is 7.51. The van der Waals surface area contributed by atoms with E-state index >= 15 is 0 Å². The fourth-order valence-electron chi connectivity index (χ4n) is 3.16. The van der Waals surface area contributed by atoms with Gasteiger partial charge in [0.25, 0.3) is 0 Å². The van der Waals surface area contributed by atoms with Crippen LogP contribution in [0.2, 0.25) is 0 Å². The third-order valence-electron chi connectivity index (χ3n) is 4.57. The summed E-state index contributed by atoms with van der Waals surface area (Å²) in [5.41, 5.74) is 0.844. The van der Waals surface area contributed by atoms with E-state index in [1.165, 1.54) is 0 Å². The molecule has 1 aliphatic rings. The van der Waals surface area contributed by atoms with Gasteiger partial charge >= 0.3 is 0 Å². The molecule has 0 radical (unpaired) electrons. The summed E-state index contributed by atoms with van der Waals surface area (Å²) in [6.07, 6.45) is 4.73. The number of hydrogen-bond donors (Lipinski definition) is 1. The van der Waals surface area contributed by atoms with Crippen LogP contribution in [0, 0.1) is 5.92 Å². The molecule has 0 aromatic carbocycles. The molecule has 146 valence electrons. The monoisotopic (exact) mass is 364 g/mol. The van der Waals surface area contributed by atoms with Crippen LogP contribution in [0.25, 0.3) is 0 Å². The molecule has 1 atom stereocenters. The van der Waals surface area contributed by atoms with Gasteiger partial charge in [0.05, 0.1) is 18.0 Å². The lowest BCUT2D eigenvalue weighted by Crippen LogP contribution is -2.55. The maximum atomic E-state index is 12.5. The summed E-state index contributed by atoms with van der Waals surface area (Å²) >= 11 is 0. The Morgan fingerprint density at radius 3 is 2.73 bits per heavy atom. The van der Waals surface area contributed by atoms with E-state index in [0.29, 0.717) is 19.0 Å². The van der Waals surface area contributed by atoms with Crippen molar-refractivity contribution in [2.45, 2.75) is 33.3 Å². The average Bonchev–Trinajstić information content (AvgIpc) is 3.03. The number of nitrogens with zero attached hydrogens (tertiary/aromatic N) is 5. The predicted octanol–water partition coefficient (Wildman–Crippen LogP) is 1.10. The molecule has 1 saturated heterocycles. The highest BCUT2D eigenvalue weighted by atomic mass is 16.5. The summed E-state index contributed by atoms with van der Waals surface area (Å²) in [6.45, 7) is 9.53. The number of carbonyl (C=O) groups is 1. The number of ether oxygens (including phenoxy) is 1. The first-order valence-electron chi connectivity index (χ1n) is 9.32. The number of piperazine rings is 1. The first-order chi connectivity index (χ1) is 12.5. The number of nitrogens with one attached hydrogen (secondary N) is 1. The molecular formula is C18H32N6O2. The minimum Gasteiger partial charge on any atom is -0.378 e. The first kappa shape index (κ1) is 20.2. The van der Waals surface area contributed by atoms with Gasteiger partial charge in [-0.05, 0) is 19.3 Å². The maximum Gasteiger partial charge on any atom is 0.246 e. The third-order valence-corrected chi connectivity index (χ3v) is 4.57. The number of guanidine groups is 1. The molecule has 1 unspecified atom stereocenters. The van der Waals surface area contributed by atoms with Crippen molar-refractivity contribution in [1.29, 1.82) is 0 Å². The molecule has 0 spiro atoms. The van der Waals surface area contributed by atoms with Gasteiger partial charge in [-0.15, -0.1) is 0 Å². The molecule has 1 amide bonds. The average molecular weight is 364 g/mol. The zero-order chi connectivity index (χ0) is 19.1. The van der Waals surface area contributed by atoms with Crippen molar-refractivity contribution in [3.8, 4) is 0 Å². The van der Waals surface area contributed by atoms with Crippen LogP contribution in [-0.2, 0) is 16.6 Å². The SMILES string of the molecule is CCOC(CCNC(=NC)N1CCN(c2cnn(C)c2)C(=O)C1)C(C)C. The fourth-order valence-corrected chi connectivity index (χ4v) is 3.16. The number of hydrogen-bond acceptors (Lipinski definition) is 4. The van der Waals surface area contributed by atoms with Crippen molar-refractivity contribution in [2.75, 3.05) is 44.7 Å². The molecule has 1 aromatic heterocycles. The van der Waals surface area contributed by atoms with Gasteiger partial charge in [-0.1, -0.05) is 13.8 Å². The number of aliphatic imine (C=N–C) groups is 1. The molecule has 8 nitrogen and oxygen atoms in total. The Bertz CT molecular complexity index is 613. The highest BCUT2D eigenvalue weighted by molar-refractivity contribution is 5.98. The van der Waals surface area contributed by atoms with E-state index in [0.717, 1.165) is 37.8 Å². The molecule has 26 heavy (non-hydrogen) atoms. The minimum absolute atomic E-state index is 0.0570. The van der Waals surface area contributed by atoms with Crippen LogP contribution in [0.4, 0.5) is 5.69 Å². The Labute approximate surface area is 156 Å². The molecule has 2 heterocycles. The Morgan fingerprint density at radius 1 is 1.42 bits per heavy atom. The number of aromatic nitrogens is 2. The largest absolute Gasteiger partial charge is 0.378 e. The fraction of sp³-hybridized carbons (Fsp3) is 0.722. The van der Waals surface area contributed by atoms with Crippen LogP contribution >= 0.6 is 0 Å². The van der Waals surface area contributed by atoms with Crippen LogP contribution in [0.1, 0.15) is 27.2 Å². The van der Waals surface area contributed by atoms with Gasteiger partial charge in [-0.3, -0.25) is 14.5 Å². The summed E-state index contributed by atoms with van der Waals surface area (Å²) in [5.74, 6) is 1.30. The van der Waals surface area contributed by atoms with Crippen molar-refractivity contribution >= 4 is 17.6 Å². The maximum absolute atomic E-state index is 12.5. The van der Waals surface area contributed by atoms with Crippen LogP contribution < -0.4 is 10.2 Å². The molecule has 1 aliphatic heterocycles. The quantitative estimate of drug-likeness (QED) is 0.579. The Hall–Kier alpha value is -2.09. The van der Waals surface area contributed by atoms with E-state index in [9.17, 15) is 4.79 Å². The molecule has 0 aliphatic carbocycles. The zero-order valence-corrected chi connectivity index (χ0v) is 16.6. The molecule has 1 fully saturated rings. The smallest absolute Gasteiger partial charge is 0.246 e. The Kier molecular flexibility index (Phi) is 7.44. The van der Waals surface area contributed by atoms with E-state index < -0.39 is 0 Å². The molecule has 2 rings (SSSR count). The third kappa shape index (κ3) is 5.20. The van der Waals surface area contributed by atoms with Crippen molar-refractivity contribution in [3.63, 3.8) is 0 Å². The van der Waals surface area contributed by atoms with Crippen LogP contribution in [0.3, 0.4) is 0 Å². The van der Waals surface area contributed by atoms with Gasteiger partial charge in [0.15, 0.2) is 5.96 Å². The predicted molar refractivity (Wildman–Crippen MR) is 103 cm³/mol. The second kappa shape index (κ2) is 9.56. The normalized spacial score (nSPS) is 17.2. The highest BCUT2D eigenvalue weighted by Gasteiger charge is 2.27. The number of carbonyl (C=O) groups excluding carboxylic acids is 1. The number of rotatable bonds is 7. The van der Waals surface area contributed by atoms with E-state index in [-0.39, 0.29) is 12.0 Å². The van der Waals surface area contributed by atoms with Gasteiger partial charge in [0, 0.05) is 46.5 Å². The lowest BCUT2D eigenvalue weighted by molar-refractivity contribution is -0.120. The van der Waals surface area contributed by atoms with Crippen molar-refractivity contribution in [1.82, 2.24) is 20.0 Å². The molecule has 8 heteroatoms. The van der Waals surface area contributed by atoms with Gasteiger partial charge in [-0.2, -0.15) is 5.10 Å². The van der Waals surface area contributed by atoms with E-state index in [4.69, 9.17) is 4.74 Å². The standard InChI is InChI=1S/C18H32N6O2/c1-6-26-16(14(2)3)7-8-20-18(19-4)23-9-10-24(17(25)13-23)15-11-21-22(5)12-15/h11-12,14,16H,6-10,13H2,1-5H3,(H,19,20). The number of amides is 1. The topological polar surface area (TPSA) is 75.0 Å². The summed E-state index contributed by atoms with van der Waals surface area (Å²) in [6, 6.07) is 0. The Morgan fingerprint density at radius 2 is 2.19 bits per heavy atom. The summed E-state index contributed by atoms with van der Waals surface area (Å²) < 4.78 is 7.49. The summed E-state index contributed by atoms with van der Waals surface area (Å²) in [7, 11) is 3.60. The molecular weight excluding hydrogens is 332 g/mol. The highest BCUT2D eigenvalue weighted by Crippen LogP contribution is 2.16. The van der Waals surface area contributed by atoms with E-state index in [2.05, 4.69) is 29.3 Å². The summed E-state index contributed by atoms with van der Waals surface area (Å²) in [4.78, 5) is 20.7. The zero-order valence-electron chi connectivity index (χ0n) is 16.6. The van der Waals surface area contributed by atoms with Crippen molar-refractivity contribution < 1.29 is 9.53 Å². The first-order valence-corrected chi connectivity index (χ1v) is 9.32. The second-order valence-corrected chi connectivity index (χ2v) is 6.84. The van der Waals surface area contributed by atoms with Crippen molar-refractivity contribution in [2.24, 2.45) is 18.0 Å². The number of anilines is 1. The van der Waals surface area contributed by atoms with Gasteiger partial charge in [0.1, 0.15) is 6.54 Å². The Balaban J connectivity index is 1.86. The lowest BCUT2D eigenvalue weighted by Gasteiger charge is -2.35.